The van der Waals surface area contributed by atoms with Gasteiger partial charge in [-0.1, -0.05) is 22.7 Å². The molecule has 0 saturated carbocycles. The van der Waals surface area contributed by atoms with Crippen LogP contribution in [0.1, 0.15) is 0 Å². The summed E-state index contributed by atoms with van der Waals surface area (Å²) in [6, 6.07) is 0. The van der Waals surface area contributed by atoms with Crippen molar-refractivity contribution < 1.29 is 0 Å². The summed E-state index contributed by atoms with van der Waals surface area (Å²) < 4.78 is 3.12. The largest absolute Gasteiger partial charge is 0.198 e. The van der Waals surface area contributed by atoms with E-state index in [2.05, 4.69) is 4.13 Å². The second-order valence-corrected chi connectivity index (χ2v) is 6.06. The number of rotatable bonds is 0. The molecule has 1 nitrogen and oxygen atoms in total. The van der Waals surface area contributed by atoms with E-state index in [4.69, 9.17) is 0 Å². The predicted octanol–water partition coefficient (Wildman–Crippen LogP) is 2.18. The van der Waals surface area contributed by atoms with Gasteiger partial charge >= 0.3 is 0 Å². The SMILES string of the molecule is C1CSSSNS1. The highest BCUT2D eigenvalue weighted by molar-refractivity contribution is 9.09. The van der Waals surface area contributed by atoms with Gasteiger partial charge in [0, 0.05) is 22.5 Å². The Hall–Kier alpha value is 1.36. The molecule has 1 N–H and O–H groups in total. The Balaban J connectivity index is 2.04. The highest BCUT2D eigenvalue weighted by Crippen LogP contribution is 2.36. The van der Waals surface area contributed by atoms with Crippen LogP contribution in [0.5, 0.6) is 0 Å². The first-order valence-electron chi connectivity index (χ1n) is 1.82. The van der Waals surface area contributed by atoms with E-state index in [1.165, 1.54) is 11.5 Å². The number of hydrogen-bond donors (Lipinski definition) is 1. The van der Waals surface area contributed by atoms with E-state index in [1.54, 1.807) is 22.9 Å². The Morgan fingerprint density at radius 3 is 3.29 bits per heavy atom. The van der Waals surface area contributed by atoms with Crippen molar-refractivity contribution in [2.75, 3.05) is 11.5 Å². The standard InChI is InChI=1S/C2H5NS4/c1-2-5-7-6-3-4-1/h3H,1-2H2. The zero-order chi connectivity index (χ0) is 4.95. The van der Waals surface area contributed by atoms with E-state index >= 15 is 0 Å². The zero-order valence-corrected chi connectivity index (χ0v) is 6.81. The summed E-state index contributed by atoms with van der Waals surface area (Å²) in [6.07, 6.45) is 0. The van der Waals surface area contributed by atoms with Gasteiger partial charge in [0.05, 0.1) is 0 Å². The van der Waals surface area contributed by atoms with Crippen LogP contribution in [0.3, 0.4) is 0 Å². The smallest absolute Gasteiger partial charge is 0.0187 e. The fourth-order valence-corrected chi connectivity index (χ4v) is 5.01. The van der Waals surface area contributed by atoms with E-state index in [1.807, 2.05) is 20.6 Å². The highest BCUT2D eigenvalue weighted by Gasteiger charge is 1.96. The van der Waals surface area contributed by atoms with Crippen molar-refractivity contribution in [2.45, 2.75) is 0 Å². The maximum Gasteiger partial charge on any atom is 0.0187 e. The van der Waals surface area contributed by atoms with Crippen LogP contribution in [-0.2, 0) is 0 Å². The number of hydrogen-bond acceptors (Lipinski definition) is 5. The van der Waals surface area contributed by atoms with Crippen LogP contribution >= 0.6 is 43.5 Å². The van der Waals surface area contributed by atoms with Gasteiger partial charge in [0.25, 0.3) is 0 Å². The average Bonchev–Trinajstić information content (AvgIpc) is 1.90. The molecular formula is C2H5NS4. The first-order valence-corrected chi connectivity index (χ1v) is 6.46. The minimum absolute atomic E-state index is 1.23. The third-order valence-electron chi connectivity index (χ3n) is 0.444. The molecule has 0 aromatic heterocycles. The molecule has 1 aliphatic rings. The minimum atomic E-state index is 1.23. The summed E-state index contributed by atoms with van der Waals surface area (Å²) in [6.45, 7) is 0. The quantitative estimate of drug-likeness (QED) is 0.441. The van der Waals surface area contributed by atoms with Crippen molar-refractivity contribution in [1.82, 2.24) is 4.13 Å². The summed E-state index contributed by atoms with van der Waals surface area (Å²) in [5.41, 5.74) is 0. The molecule has 0 spiro atoms. The van der Waals surface area contributed by atoms with Gasteiger partial charge in [-0.25, -0.2) is 0 Å². The fraction of sp³-hybridized carbons (Fsp3) is 1.00. The second kappa shape index (κ2) is 4.26. The molecular weight excluding hydrogens is 166 g/mol. The molecule has 42 valence electrons. The molecule has 1 aliphatic heterocycles. The van der Waals surface area contributed by atoms with Crippen LogP contribution in [0, 0.1) is 0 Å². The highest BCUT2D eigenvalue weighted by atomic mass is 33.5. The van der Waals surface area contributed by atoms with Crippen LogP contribution in [0.25, 0.3) is 0 Å². The van der Waals surface area contributed by atoms with Crippen molar-refractivity contribution in [2.24, 2.45) is 0 Å². The Morgan fingerprint density at radius 2 is 2.29 bits per heavy atom. The molecule has 1 fully saturated rings. The van der Waals surface area contributed by atoms with E-state index in [9.17, 15) is 0 Å². The van der Waals surface area contributed by atoms with E-state index in [-0.39, 0.29) is 0 Å². The van der Waals surface area contributed by atoms with Crippen molar-refractivity contribution in [3.05, 3.63) is 0 Å². The zero-order valence-electron chi connectivity index (χ0n) is 3.55. The molecule has 0 aromatic rings. The van der Waals surface area contributed by atoms with Crippen LogP contribution in [0.2, 0.25) is 0 Å². The summed E-state index contributed by atoms with van der Waals surface area (Å²) >= 11 is 1.79. The monoisotopic (exact) mass is 171 g/mol. The molecule has 0 aliphatic carbocycles. The van der Waals surface area contributed by atoms with Gasteiger partial charge in [0.15, 0.2) is 0 Å². The van der Waals surface area contributed by atoms with Crippen molar-refractivity contribution >= 4 is 43.5 Å². The maximum atomic E-state index is 3.12. The molecule has 0 radical (unpaired) electrons. The maximum absolute atomic E-state index is 3.12. The number of nitrogens with one attached hydrogen (secondary N) is 1. The van der Waals surface area contributed by atoms with Gasteiger partial charge in [-0.2, -0.15) is 4.13 Å². The Morgan fingerprint density at radius 1 is 1.29 bits per heavy atom. The molecule has 1 heterocycles. The van der Waals surface area contributed by atoms with Gasteiger partial charge in [-0.15, -0.1) is 0 Å². The van der Waals surface area contributed by atoms with Crippen molar-refractivity contribution in [1.29, 1.82) is 0 Å². The van der Waals surface area contributed by atoms with Crippen LogP contribution in [0.4, 0.5) is 0 Å². The second-order valence-electron chi connectivity index (χ2n) is 0.905. The Bertz CT molecular complexity index is 29.3. The van der Waals surface area contributed by atoms with Crippen LogP contribution in [0.15, 0.2) is 0 Å². The van der Waals surface area contributed by atoms with Crippen molar-refractivity contribution in [3.8, 4) is 0 Å². The van der Waals surface area contributed by atoms with Gasteiger partial charge in [-0.05, 0) is 9.83 Å². The molecule has 1 rings (SSSR count). The Kier molecular flexibility index (Phi) is 3.94. The van der Waals surface area contributed by atoms with Gasteiger partial charge < -0.3 is 0 Å². The minimum Gasteiger partial charge on any atom is -0.198 e. The van der Waals surface area contributed by atoms with Crippen LogP contribution < -0.4 is 4.13 Å². The molecule has 7 heavy (non-hydrogen) atoms. The average molecular weight is 171 g/mol. The lowest BCUT2D eigenvalue weighted by atomic mass is 11.0. The summed E-state index contributed by atoms with van der Waals surface area (Å²) in [5, 5.41) is 0. The van der Waals surface area contributed by atoms with Gasteiger partial charge in [0.1, 0.15) is 0 Å². The van der Waals surface area contributed by atoms with Crippen LogP contribution in [-0.4, -0.2) is 11.5 Å². The third-order valence-corrected chi connectivity index (χ3v) is 5.47. The molecule has 0 amide bonds. The molecule has 1 saturated heterocycles. The molecule has 0 aromatic carbocycles. The summed E-state index contributed by atoms with van der Waals surface area (Å²) in [7, 11) is 5.44. The Labute approximate surface area is 59.2 Å². The van der Waals surface area contributed by atoms with Gasteiger partial charge in [0.2, 0.25) is 0 Å². The first kappa shape index (κ1) is 6.48. The predicted molar refractivity (Wildman–Crippen MR) is 43.2 cm³/mol. The van der Waals surface area contributed by atoms with E-state index < -0.39 is 0 Å². The molecule has 0 atom stereocenters. The molecule has 0 bridgehead atoms. The van der Waals surface area contributed by atoms with Gasteiger partial charge in [-0.3, -0.25) is 0 Å². The topological polar surface area (TPSA) is 12.0 Å². The summed E-state index contributed by atoms with van der Waals surface area (Å²) in [4.78, 5) is 0. The first-order chi connectivity index (χ1) is 3.50. The summed E-state index contributed by atoms with van der Waals surface area (Å²) in [5.74, 6) is 2.49. The fourth-order valence-electron chi connectivity index (χ4n) is 0.213. The third kappa shape index (κ3) is 3.03. The molecule has 5 heteroatoms. The normalized spacial score (nSPS) is 24.0. The van der Waals surface area contributed by atoms with E-state index in [0.29, 0.717) is 0 Å². The molecule has 0 unspecified atom stereocenters. The lowest BCUT2D eigenvalue weighted by molar-refractivity contribution is 1.54. The lowest BCUT2D eigenvalue weighted by Crippen LogP contribution is -1.86. The lowest BCUT2D eigenvalue weighted by Gasteiger charge is -1.88. The van der Waals surface area contributed by atoms with Crippen molar-refractivity contribution in [3.63, 3.8) is 0 Å². The van der Waals surface area contributed by atoms with E-state index in [0.717, 1.165) is 0 Å².